The molecule has 0 aliphatic rings. The van der Waals surface area contributed by atoms with Crippen LogP contribution in [0.15, 0.2) is 60.7 Å². The van der Waals surface area contributed by atoms with Gasteiger partial charge in [-0.05, 0) is 53.6 Å². The molecule has 28 heavy (non-hydrogen) atoms. The van der Waals surface area contributed by atoms with Crippen LogP contribution < -0.4 is 4.74 Å². The van der Waals surface area contributed by atoms with Crippen LogP contribution >= 0.6 is 46.4 Å². The largest absolute Gasteiger partial charge is 0.487 e. The summed E-state index contributed by atoms with van der Waals surface area (Å²) in [6.07, 6.45) is 1.71. The molecule has 0 atom stereocenters. The zero-order valence-corrected chi connectivity index (χ0v) is 17.4. The number of halogens is 4. The number of benzene rings is 3. The van der Waals surface area contributed by atoms with Gasteiger partial charge in [-0.1, -0.05) is 70.7 Å². The third-order valence-corrected chi connectivity index (χ3v) is 4.97. The van der Waals surface area contributed by atoms with Crippen LogP contribution in [0.4, 0.5) is 0 Å². The Balaban J connectivity index is 1.81. The molecule has 6 heteroatoms. The van der Waals surface area contributed by atoms with Crippen molar-refractivity contribution in [3.05, 3.63) is 97.4 Å². The Kier molecular flexibility index (Phi) is 6.88. The van der Waals surface area contributed by atoms with Gasteiger partial charge in [-0.2, -0.15) is 5.26 Å². The van der Waals surface area contributed by atoms with Crippen molar-refractivity contribution in [2.75, 3.05) is 0 Å². The van der Waals surface area contributed by atoms with E-state index in [1.165, 1.54) is 0 Å². The Hall–Kier alpha value is -2.15. The van der Waals surface area contributed by atoms with E-state index in [9.17, 15) is 5.26 Å². The predicted octanol–water partition coefficient (Wildman–Crippen LogP) is 7.94. The molecule has 3 aromatic carbocycles. The number of hydrogen-bond acceptors (Lipinski definition) is 2. The van der Waals surface area contributed by atoms with Gasteiger partial charge >= 0.3 is 0 Å². The first-order valence-corrected chi connectivity index (χ1v) is 9.71. The summed E-state index contributed by atoms with van der Waals surface area (Å²) in [5.74, 6) is 0.543. The van der Waals surface area contributed by atoms with Crippen LogP contribution in [0.3, 0.4) is 0 Å². The molecule has 0 amide bonds. The molecule has 3 aromatic rings. The first-order valence-electron chi connectivity index (χ1n) is 8.20. The first kappa shape index (κ1) is 20.6. The minimum atomic E-state index is 0.347. The van der Waals surface area contributed by atoms with E-state index in [-0.39, 0.29) is 0 Å². The summed E-state index contributed by atoms with van der Waals surface area (Å²) in [7, 11) is 0. The molecule has 0 unspecified atom stereocenters. The lowest BCUT2D eigenvalue weighted by molar-refractivity contribution is 0.306. The SMILES string of the molecule is N#C/C(=C\c1ccc(OCc2cccc(Cl)c2)c(Cl)c1)c1ccc(Cl)cc1Cl. The van der Waals surface area contributed by atoms with Gasteiger partial charge in [0, 0.05) is 15.6 Å². The normalized spacial score (nSPS) is 11.2. The third kappa shape index (κ3) is 5.22. The Morgan fingerprint density at radius 3 is 2.36 bits per heavy atom. The second-order valence-electron chi connectivity index (χ2n) is 5.90. The fraction of sp³-hybridized carbons (Fsp3) is 0.0455. The summed E-state index contributed by atoms with van der Waals surface area (Å²) >= 11 is 24.4. The van der Waals surface area contributed by atoms with Gasteiger partial charge < -0.3 is 4.74 Å². The summed E-state index contributed by atoms with van der Waals surface area (Å²) in [6.45, 7) is 0.347. The van der Waals surface area contributed by atoms with Gasteiger partial charge in [0.25, 0.3) is 0 Å². The van der Waals surface area contributed by atoms with Crippen molar-refractivity contribution in [1.82, 2.24) is 0 Å². The fourth-order valence-electron chi connectivity index (χ4n) is 2.56. The second-order valence-corrected chi connectivity index (χ2v) is 7.59. The van der Waals surface area contributed by atoms with E-state index >= 15 is 0 Å². The third-order valence-electron chi connectivity index (χ3n) is 3.89. The van der Waals surface area contributed by atoms with Gasteiger partial charge in [0.1, 0.15) is 12.4 Å². The molecule has 0 bridgehead atoms. The predicted molar refractivity (Wildman–Crippen MR) is 117 cm³/mol. The summed E-state index contributed by atoms with van der Waals surface area (Å²) in [5.41, 5.74) is 2.70. The average molecular weight is 449 g/mol. The molecular formula is C22H13Cl4NO. The monoisotopic (exact) mass is 447 g/mol. The molecule has 0 N–H and O–H groups in total. The van der Waals surface area contributed by atoms with Crippen LogP contribution in [-0.4, -0.2) is 0 Å². The van der Waals surface area contributed by atoms with Gasteiger partial charge in [-0.15, -0.1) is 0 Å². The van der Waals surface area contributed by atoms with Crippen molar-refractivity contribution < 1.29 is 4.74 Å². The van der Waals surface area contributed by atoms with E-state index in [1.807, 2.05) is 24.3 Å². The van der Waals surface area contributed by atoms with Gasteiger partial charge in [0.2, 0.25) is 0 Å². The second kappa shape index (κ2) is 9.37. The summed E-state index contributed by atoms with van der Waals surface area (Å²) in [4.78, 5) is 0. The highest BCUT2D eigenvalue weighted by Crippen LogP contribution is 2.31. The van der Waals surface area contributed by atoms with E-state index in [0.717, 1.165) is 11.1 Å². The molecule has 0 fully saturated rings. The molecule has 0 heterocycles. The van der Waals surface area contributed by atoms with Gasteiger partial charge in [-0.25, -0.2) is 0 Å². The van der Waals surface area contributed by atoms with E-state index in [4.69, 9.17) is 51.1 Å². The molecular weight excluding hydrogens is 436 g/mol. The van der Waals surface area contributed by atoms with E-state index in [2.05, 4.69) is 6.07 Å². The Morgan fingerprint density at radius 2 is 1.68 bits per heavy atom. The molecule has 2 nitrogen and oxygen atoms in total. The highest BCUT2D eigenvalue weighted by molar-refractivity contribution is 6.36. The number of ether oxygens (including phenoxy) is 1. The molecule has 3 rings (SSSR count). The first-order chi connectivity index (χ1) is 13.5. The van der Waals surface area contributed by atoms with Crippen LogP contribution in [0.2, 0.25) is 20.1 Å². The molecule has 0 spiro atoms. The summed E-state index contributed by atoms with van der Waals surface area (Å²) in [5, 5.41) is 11.5. The Morgan fingerprint density at radius 1 is 0.893 bits per heavy atom. The van der Waals surface area contributed by atoms with Crippen LogP contribution in [0.1, 0.15) is 16.7 Å². The maximum Gasteiger partial charge on any atom is 0.138 e. The van der Waals surface area contributed by atoms with Gasteiger partial charge in [-0.3, -0.25) is 0 Å². The fourth-order valence-corrected chi connectivity index (χ4v) is 3.52. The highest BCUT2D eigenvalue weighted by Gasteiger charge is 2.09. The van der Waals surface area contributed by atoms with Crippen LogP contribution in [0, 0.1) is 11.3 Å². The van der Waals surface area contributed by atoms with Crippen molar-refractivity contribution in [3.63, 3.8) is 0 Å². The van der Waals surface area contributed by atoms with E-state index in [1.54, 1.807) is 42.5 Å². The van der Waals surface area contributed by atoms with Gasteiger partial charge in [0.05, 0.1) is 21.7 Å². The topological polar surface area (TPSA) is 33.0 Å². The smallest absolute Gasteiger partial charge is 0.138 e. The number of nitriles is 1. The van der Waals surface area contributed by atoms with Gasteiger partial charge in [0.15, 0.2) is 0 Å². The van der Waals surface area contributed by atoms with Crippen molar-refractivity contribution in [2.24, 2.45) is 0 Å². The minimum absolute atomic E-state index is 0.347. The lowest BCUT2D eigenvalue weighted by Crippen LogP contribution is -1.96. The number of hydrogen-bond donors (Lipinski definition) is 0. The Labute approximate surface area is 183 Å². The zero-order valence-electron chi connectivity index (χ0n) is 14.4. The summed E-state index contributed by atoms with van der Waals surface area (Å²) < 4.78 is 5.77. The molecule has 0 aliphatic heterocycles. The molecule has 0 saturated carbocycles. The molecule has 0 saturated heterocycles. The molecule has 0 aliphatic carbocycles. The van der Waals surface area contributed by atoms with Crippen molar-refractivity contribution in [1.29, 1.82) is 5.26 Å². The Bertz CT molecular complexity index is 1090. The van der Waals surface area contributed by atoms with Crippen molar-refractivity contribution >= 4 is 58.1 Å². The molecule has 0 radical (unpaired) electrons. The van der Waals surface area contributed by atoms with E-state index < -0.39 is 0 Å². The maximum absolute atomic E-state index is 9.51. The van der Waals surface area contributed by atoms with Crippen LogP contribution in [-0.2, 0) is 6.61 Å². The van der Waals surface area contributed by atoms with Crippen LogP contribution in [0.5, 0.6) is 5.75 Å². The lowest BCUT2D eigenvalue weighted by Gasteiger charge is -2.09. The number of nitrogens with zero attached hydrogens (tertiary/aromatic N) is 1. The highest BCUT2D eigenvalue weighted by atomic mass is 35.5. The van der Waals surface area contributed by atoms with Crippen LogP contribution in [0.25, 0.3) is 11.6 Å². The molecule has 0 aromatic heterocycles. The quantitative estimate of drug-likeness (QED) is 0.293. The summed E-state index contributed by atoms with van der Waals surface area (Å²) in [6, 6.07) is 19.9. The zero-order chi connectivity index (χ0) is 20.1. The minimum Gasteiger partial charge on any atom is -0.487 e. The molecule has 140 valence electrons. The standard InChI is InChI=1S/C22H13Cl4NO/c23-17-3-1-2-15(9-17)13-28-22-7-4-14(10-21(22)26)8-16(12-27)19-6-5-18(24)11-20(19)25/h1-11H,13H2/b16-8+. The van der Waals surface area contributed by atoms with Crippen molar-refractivity contribution in [3.8, 4) is 11.8 Å². The van der Waals surface area contributed by atoms with Crippen molar-refractivity contribution in [2.45, 2.75) is 6.61 Å². The van der Waals surface area contributed by atoms with E-state index in [0.29, 0.717) is 43.6 Å². The maximum atomic E-state index is 9.51. The average Bonchev–Trinajstić information content (AvgIpc) is 2.66. The number of rotatable bonds is 5. The number of allylic oxidation sites excluding steroid dienone is 1. The lowest BCUT2D eigenvalue weighted by atomic mass is 10.0.